The van der Waals surface area contributed by atoms with Crippen molar-refractivity contribution >= 4 is 28.5 Å². The number of hydrogen-bond donors (Lipinski definition) is 1. The van der Waals surface area contributed by atoms with Crippen LogP contribution in [0.1, 0.15) is 30.2 Å². The summed E-state index contributed by atoms with van der Waals surface area (Å²) in [6.45, 7) is 5.11. The lowest BCUT2D eigenvalue weighted by atomic mass is 10.1. The molecule has 0 amide bonds. The Kier molecular flexibility index (Phi) is 6.15. The maximum atomic E-state index is 11.4. The fraction of sp³-hybridized carbons (Fsp3) is 0.294. The minimum absolute atomic E-state index is 0.302. The van der Waals surface area contributed by atoms with Crippen molar-refractivity contribution in [2.75, 3.05) is 11.9 Å². The fourth-order valence-corrected chi connectivity index (χ4v) is 2.52. The van der Waals surface area contributed by atoms with Gasteiger partial charge in [-0.1, -0.05) is 25.1 Å². The lowest BCUT2D eigenvalue weighted by molar-refractivity contribution is -0.137. The summed E-state index contributed by atoms with van der Waals surface area (Å²) < 4.78 is 5.01. The van der Waals surface area contributed by atoms with Crippen LogP contribution in [0, 0.1) is 6.92 Å². The molecule has 0 saturated heterocycles. The highest BCUT2D eigenvalue weighted by atomic mass is 32.1. The van der Waals surface area contributed by atoms with Crippen molar-refractivity contribution in [3.8, 4) is 0 Å². The van der Waals surface area contributed by atoms with Gasteiger partial charge < -0.3 is 10.1 Å². The molecule has 1 aromatic heterocycles. The number of hydrogen-bond acceptors (Lipinski definition) is 5. The molecular formula is C17H20N2O2S. The van der Waals surface area contributed by atoms with E-state index in [2.05, 4.69) is 10.3 Å². The first-order valence-electron chi connectivity index (χ1n) is 7.27. The van der Waals surface area contributed by atoms with Crippen LogP contribution < -0.4 is 5.32 Å². The Morgan fingerprint density at radius 3 is 3.05 bits per heavy atom. The van der Waals surface area contributed by atoms with E-state index in [1.807, 2.05) is 43.5 Å². The average Bonchev–Trinajstić information content (AvgIpc) is 2.95. The third-order valence-electron chi connectivity index (χ3n) is 2.87. The van der Waals surface area contributed by atoms with Crippen LogP contribution in [0.15, 0.2) is 35.7 Å². The molecule has 2 aromatic rings. The number of thiazole rings is 1. The number of esters is 1. The molecule has 0 radical (unpaired) electrons. The minimum atomic E-state index is -0.302. The SMILES string of the molecule is CCCOC(=O)/C=C/c1cccc(CNc2nc(C)cs2)c1. The van der Waals surface area contributed by atoms with Crippen LogP contribution in [0.25, 0.3) is 6.08 Å². The molecule has 0 aliphatic carbocycles. The quantitative estimate of drug-likeness (QED) is 0.619. The van der Waals surface area contributed by atoms with Crippen LogP contribution in [0.5, 0.6) is 0 Å². The Hall–Kier alpha value is -2.14. The monoisotopic (exact) mass is 316 g/mol. The highest BCUT2D eigenvalue weighted by Crippen LogP contribution is 2.16. The largest absolute Gasteiger partial charge is 0.463 e. The van der Waals surface area contributed by atoms with Gasteiger partial charge in [0.05, 0.1) is 12.3 Å². The van der Waals surface area contributed by atoms with Gasteiger partial charge in [0, 0.05) is 18.0 Å². The number of aryl methyl sites for hydroxylation is 1. The molecular weight excluding hydrogens is 296 g/mol. The van der Waals surface area contributed by atoms with Crippen molar-refractivity contribution < 1.29 is 9.53 Å². The molecule has 0 bridgehead atoms. The summed E-state index contributed by atoms with van der Waals surface area (Å²) in [6.07, 6.45) is 4.07. The summed E-state index contributed by atoms with van der Waals surface area (Å²) >= 11 is 1.60. The maximum absolute atomic E-state index is 11.4. The molecule has 1 heterocycles. The molecule has 4 nitrogen and oxygen atoms in total. The number of ether oxygens (including phenoxy) is 1. The van der Waals surface area contributed by atoms with E-state index in [1.54, 1.807) is 17.4 Å². The second-order valence-corrected chi connectivity index (χ2v) is 5.75. The molecule has 22 heavy (non-hydrogen) atoms. The molecule has 0 unspecified atom stereocenters. The second-order valence-electron chi connectivity index (χ2n) is 4.89. The van der Waals surface area contributed by atoms with E-state index in [-0.39, 0.29) is 5.97 Å². The lowest BCUT2D eigenvalue weighted by Crippen LogP contribution is -2.01. The first-order valence-corrected chi connectivity index (χ1v) is 8.15. The predicted molar refractivity (Wildman–Crippen MR) is 90.9 cm³/mol. The van der Waals surface area contributed by atoms with E-state index in [1.165, 1.54) is 6.08 Å². The van der Waals surface area contributed by atoms with Crippen molar-refractivity contribution in [1.82, 2.24) is 4.98 Å². The van der Waals surface area contributed by atoms with Gasteiger partial charge in [0.1, 0.15) is 0 Å². The maximum Gasteiger partial charge on any atom is 0.330 e. The summed E-state index contributed by atoms with van der Waals surface area (Å²) in [5, 5.41) is 6.23. The molecule has 0 aliphatic rings. The van der Waals surface area contributed by atoms with Crippen molar-refractivity contribution in [1.29, 1.82) is 0 Å². The van der Waals surface area contributed by atoms with Crippen LogP contribution in [0.3, 0.4) is 0 Å². The van der Waals surface area contributed by atoms with E-state index >= 15 is 0 Å². The van der Waals surface area contributed by atoms with Crippen molar-refractivity contribution in [2.24, 2.45) is 0 Å². The van der Waals surface area contributed by atoms with Crippen LogP contribution in [-0.2, 0) is 16.1 Å². The number of nitrogens with one attached hydrogen (secondary N) is 1. The van der Waals surface area contributed by atoms with Crippen LogP contribution >= 0.6 is 11.3 Å². The zero-order chi connectivity index (χ0) is 15.8. The van der Waals surface area contributed by atoms with Gasteiger partial charge in [-0.15, -0.1) is 11.3 Å². The molecule has 2 rings (SSSR count). The van der Waals surface area contributed by atoms with E-state index in [4.69, 9.17) is 4.74 Å². The van der Waals surface area contributed by atoms with Gasteiger partial charge in [0.2, 0.25) is 0 Å². The number of benzene rings is 1. The number of aromatic nitrogens is 1. The first kappa shape index (κ1) is 16.2. The van der Waals surface area contributed by atoms with E-state index in [0.717, 1.165) is 28.4 Å². The predicted octanol–water partition coefficient (Wildman–Crippen LogP) is 4.03. The van der Waals surface area contributed by atoms with Gasteiger partial charge >= 0.3 is 5.97 Å². The van der Waals surface area contributed by atoms with Gasteiger partial charge in [0.25, 0.3) is 0 Å². The number of rotatable bonds is 7. The first-order chi connectivity index (χ1) is 10.7. The summed E-state index contributed by atoms with van der Waals surface area (Å²) in [7, 11) is 0. The highest BCUT2D eigenvalue weighted by molar-refractivity contribution is 7.13. The fourth-order valence-electron chi connectivity index (χ4n) is 1.83. The summed E-state index contributed by atoms with van der Waals surface area (Å²) in [5.41, 5.74) is 3.13. The van der Waals surface area contributed by atoms with Crippen LogP contribution in [0.2, 0.25) is 0 Å². The zero-order valence-corrected chi connectivity index (χ0v) is 13.7. The summed E-state index contributed by atoms with van der Waals surface area (Å²) in [5.74, 6) is -0.302. The number of nitrogens with zero attached hydrogens (tertiary/aromatic N) is 1. The van der Waals surface area contributed by atoms with E-state index < -0.39 is 0 Å². The van der Waals surface area contributed by atoms with Gasteiger partial charge in [-0.05, 0) is 36.6 Å². The molecule has 0 spiro atoms. The topological polar surface area (TPSA) is 51.2 Å². The highest BCUT2D eigenvalue weighted by Gasteiger charge is 2.00. The third kappa shape index (κ3) is 5.33. The average molecular weight is 316 g/mol. The molecule has 0 saturated carbocycles. The van der Waals surface area contributed by atoms with Crippen LogP contribution in [-0.4, -0.2) is 17.6 Å². The molecule has 0 aliphatic heterocycles. The van der Waals surface area contributed by atoms with Crippen molar-refractivity contribution in [3.05, 3.63) is 52.5 Å². The lowest BCUT2D eigenvalue weighted by Gasteiger charge is -2.04. The van der Waals surface area contributed by atoms with E-state index in [0.29, 0.717) is 13.2 Å². The van der Waals surface area contributed by atoms with Crippen molar-refractivity contribution in [3.63, 3.8) is 0 Å². The Bertz CT molecular complexity index is 650. The zero-order valence-electron chi connectivity index (χ0n) is 12.8. The molecule has 5 heteroatoms. The number of carbonyl (C=O) groups is 1. The Labute approximate surface area is 134 Å². The molecule has 116 valence electrons. The second kappa shape index (κ2) is 8.34. The smallest absolute Gasteiger partial charge is 0.330 e. The molecule has 0 atom stereocenters. The number of carbonyl (C=O) groups excluding carboxylic acids is 1. The third-order valence-corrected chi connectivity index (χ3v) is 3.79. The van der Waals surface area contributed by atoms with Crippen LogP contribution in [0.4, 0.5) is 5.13 Å². The van der Waals surface area contributed by atoms with Gasteiger partial charge in [-0.3, -0.25) is 0 Å². The Morgan fingerprint density at radius 1 is 1.45 bits per heavy atom. The Morgan fingerprint density at radius 2 is 2.32 bits per heavy atom. The minimum Gasteiger partial charge on any atom is -0.463 e. The normalized spacial score (nSPS) is 10.8. The molecule has 0 fully saturated rings. The summed E-state index contributed by atoms with van der Waals surface area (Å²) in [4.78, 5) is 15.8. The summed E-state index contributed by atoms with van der Waals surface area (Å²) in [6, 6.07) is 8.01. The van der Waals surface area contributed by atoms with Gasteiger partial charge in [-0.25, -0.2) is 9.78 Å². The standard InChI is InChI=1S/C17H20N2O2S/c1-3-9-21-16(20)8-7-14-5-4-6-15(10-14)11-18-17-19-13(2)12-22-17/h4-8,10,12H,3,9,11H2,1-2H3,(H,18,19)/b8-7+. The molecule has 1 aromatic carbocycles. The van der Waals surface area contributed by atoms with Crippen molar-refractivity contribution in [2.45, 2.75) is 26.8 Å². The van der Waals surface area contributed by atoms with E-state index in [9.17, 15) is 4.79 Å². The Balaban J connectivity index is 1.91. The molecule has 1 N–H and O–H groups in total. The number of anilines is 1. The van der Waals surface area contributed by atoms with Gasteiger partial charge in [-0.2, -0.15) is 0 Å². The van der Waals surface area contributed by atoms with Gasteiger partial charge in [0.15, 0.2) is 5.13 Å².